The van der Waals surface area contributed by atoms with Crippen molar-refractivity contribution in [2.45, 2.75) is 6.92 Å². The number of ether oxygens (including phenoxy) is 1. The molecule has 2 aromatic heterocycles. The number of hydrogen-bond donors (Lipinski definition) is 0. The summed E-state index contributed by atoms with van der Waals surface area (Å²) in [6.45, 7) is 2.67. The molecule has 0 N–H and O–H groups in total. The van der Waals surface area contributed by atoms with E-state index in [-0.39, 0.29) is 0 Å². The number of pyridine rings is 1. The van der Waals surface area contributed by atoms with Crippen molar-refractivity contribution in [1.82, 2.24) is 9.38 Å². The Hall–Kier alpha value is -1.81. The lowest BCUT2D eigenvalue weighted by molar-refractivity contribution is 0.330. The molecule has 0 radical (unpaired) electrons. The summed E-state index contributed by atoms with van der Waals surface area (Å²) in [5.74, 6) is 0.800. The predicted molar refractivity (Wildman–Crippen MR) is 84.7 cm³/mol. The number of alkyl halides is 1. The number of benzene rings is 1. The second kappa shape index (κ2) is 5.67. The molecule has 102 valence electrons. The van der Waals surface area contributed by atoms with E-state index in [4.69, 9.17) is 9.72 Å². The normalized spacial score (nSPS) is 10.9. The second-order valence-electron chi connectivity index (χ2n) is 4.55. The fraction of sp³-hybridized carbons (Fsp3) is 0.188. The number of nitrogens with zero attached hydrogens (tertiary/aromatic N) is 2. The lowest BCUT2D eigenvalue weighted by Gasteiger charge is -2.06. The highest BCUT2D eigenvalue weighted by atomic mass is 79.9. The minimum absolute atomic E-state index is 0.613. The van der Waals surface area contributed by atoms with E-state index in [1.165, 1.54) is 0 Å². The van der Waals surface area contributed by atoms with Crippen molar-refractivity contribution in [2.75, 3.05) is 11.9 Å². The van der Waals surface area contributed by atoms with Crippen LogP contribution in [0.3, 0.4) is 0 Å². The molecule has 20 heavy (non-hydrogen) atoms. The maximum absolute atomic E-state index is 5.90. The quantitative estimate of drug-likeness (QED) is 0.674. The molecule has 0 bridgehead atoms. The third-order valence-electron chi connectivity index (χ3n) is 3.16. The molecule has 0 amide bonds. The number of aromatic nitrogens is 2. The number of hydrogen-bond acceptors (Lipinski definition) is 2. The molecule has 0 spiro atoms. The smallest absolute Gasteiger partial charge is 0.226 e. The van der Waals surface area contributed by atoms with Crippen molar-refractivity contribution in [3.63, 3.8) is 0 Å². The standard InChI is InChI=1S/C16H15BrN2O/c1-12-6-5-10-19-15(12)18-14(16(19)20-11-9-17)13-7-3-2-4-8-13/h2-8,10H,9,11H2,1H3. The van der Waals surface area contributed by atoms with Crippen LogP contribution in [0.15, 0.2) is 48.7 Å². The van der Waals surface area contributed by atoms with Crippen molar-refractivity contribution in [3.05, 3.63) is 54.2 Å². The lowest BCUT2D eigenvalue weighted by atomic mass is 10.2. The zero-order valence-corrected chi connectivity index (χ0v) is 12.8. The van der Waals surface area contributed by atoms with Crippen molar-refractivity contribution in [3.8, 4) is 17.1 Å². The monoisotopic (exact) mass is 330 g/mol. The summed E-state index contributed by atoms with van der Waals surface area (Å²) in [7, 11) is 0. The Balaban J connectivity index is 2.22. The van der Waals surface area contributed by atoms with Crippen LogP contribution in [0.25, 0.3) is 16.9 Å². The molecule has 0 atom stereocenters. The van der Waals surface area contributed by atoms with Crippen LogP contribution >= 0.6 is 15.9 Å². The summed E-state index contributed by atoms with van der Waals surface area (Å²) >= 11 is 3.40. The largest absolute Gasteiger partial charge is 0.476 e. The van der Waals surface area contributed by atoms with Crippen LogP contribution in [0, 0.1) is 6.92 Å². The summed E-state index contributed by atoms with van der Waals surface area (Å²) in [4.78, 5) is 4.76. The molecule has 1 aromatic carbocycles. The van der Waals surface area contributed by atoms with Gasteiger partial charge in [0, 0.05) is 17.1 Å². The number of rotatable bonds is 4. The van der Waals surface area contributed by atoms with E-state index in [9.17, 15) is 0 Å². The first-order chi connectivity index (χ1) is 9.81. The molecule has 0 saturated carbocycles. The van der Waals surface area contributed by atoms with Crippen LogP contribution in [-0.4, -0.2) is 21.3 Å². The lowest BCUT2D eigenvalue weighted by Crippen LogP contribution is -2.01. The zero-order chi connectivity index (χ0) is 13.9. The first kappa shape index (κ1) is 13.2. The highest BCUT2D eigenvalue weighted by Crippen LogP contribution is 2.31. The molecule has 0 aliphatic carbocycles. The van der Waals surface area contributed by atoms with Gasteiger partial charge in [0.25, 0.3) is 0 Å². The Bertz CT molecular complexity index is 722. The fourth-order valence-corrected chi connectivity index (χ4v) is 2.40. The number of fused-ring (bicyclic) bond motifs is 1. The van der Waals surface area contributed by atoms with Crippen LogP contribution in [-0.2, 0) is 0 Å². The van der Waals surface area contributed by atoms with Crippen LogP contribution in [0.5, 0.6) is 5.88 Å². The molecule has 0 aliphatic heterocycles. The van der Waals surface area contributed by atoms with E-state index >= 15 is 0 Å². The van der Waals surface area contributed by atoms with Crippen molar-refractivity contribution >= 4 is 21.6 Å². The van der Waals surface area contributed by atoms with Gasteiger partial charge in [-0.15, -0.1) is 0 Å². The van der Waals surface area contributed by atoms with Gasteiger partial charge in [0.05, 0.1) is 6.61 Å². The molecule has 0 unspecified atom stereocenters. The molecular formula is C16H15BrN2O. The maximum Gasteiger partial charge on any atom is 0.226 e. The van der Waals surface area contributed by atoms with Crippen LogP contribution in [0.4, 0.5) is 0 Å². The summed E-state index contributed by atoms with van der Waals surface area (Å²) in [5.41, 5.74) is 4.04. The van der Waals surface area contributed by atoms with Crippen molar-refractivity contribution < 1.29 is 4.74 Å². The highest BCUT2D eigenvalue weighted by Gasteiger charge is 2.16. The van der Waals surface area contributed by atoms with Gasteiger partial charge in [-0.3, -0.25) is 4.40 Å². The number of aryl methyl sites for hydroxylation is 1. The van der Waals surface area contributed by atoms with Crippen molar-refractivity contribution in [2.24, 2.45) is 0 Å². The second-order valence-corrected chi connectivity index (χ2v) is 5.35. The molecule has 3 nitrogen and oxygen atoms in total. The maximum atomic E-state index is 5.90. The van der Waals surface area contributed by atoms with Crippen LogP contribution in [0.1, 0.15) is 5.56 Å². The third-order valence-corrected chi connectivity index (χ3v) is 3.49. The Morgan fingerprint density at radius 1 is 1.15 bits per heavy atom. The molecule has 0 saturated heterocycles. The van der Waals surface area contributed by atoms with E-state index in [0.29, 0.717) is 6.61 Å². The fourth-order valence-electron chi connectivity index (χ4n) is 2.24. The van der Waals surface area contributed by atoms with Gasteiger partial charge in [-0.1, -0.05) is 52.3 Å². The molecule has 3 rings (SSSR count). The van der Waals surface area contributed by atoms with Crippen LogP contribution in [0.2, 0.25) is 0 Å². The first-order valence-electron chi connectivity index (χ1n) is 6.53. The van der Waals surface area contributed by atoms with E-state index in [1.807, 2.05) is 34.9 Å². The Labute approximate surface area is 126 Å². The third kappa shape index (κ3) is 2.31. The summed E-state index contributed by atoms with van der Waals surface area (Å²) < 4.78 is 7.92. The average molecular weight is 331 g/mol. The molecule has 2 heterocycles. The molecule has 0 fully saturated rings. The van der Waals surface area contributed by atoms with E-state index in [1.54, 1.807) is 0 Å². The molecule has 0 aliphatic rings. The number of imidazole rings is 1. The van der Waals surface area contributed by atoms with E-state index < -0.39 is 0 Å². The minimum atomic E-state index is 0.613. The minimum Gasteiger partial charge on any atom is -0.476 e. The van der Waals surface area contributed by atoms with Gasteiger partial charge >= 0.3 is 0 Å². The van der Waals surface area contributed by atoms with Crippen LogP contribution < -0.4 is 4.74 Å². The van der Waals surface area contributed by atoms with Gasteiger partial charge in [0.1, 0.15) is 11.3 Å². The topological polar surface area (TPSA) is 26.5 Å². The summed E-state index contributed by atoms with van der Waals surface area (Å²) in [6.07, 6.45) is 1.99. The Kier molecular flexibility index (Phi) is 3.74. The Morgan fingerprint density at radius 3 is 2.70 bits per heavy atom. The highest BCUT2D eigenvalue weighted by molar-refractivity contribution is 9.09. The first-order valence-corrected chi connectivity index (χ1v) is 7.65. The number of halogens is 1. The van der Waals surface area contributed by atoms with E-state index in [0.717, 1.165) is 33.7 Å². The van der Waals surface area contributed by atoms with Gasteiger partial charge in [0.15, 0.2) is 0 Å². The molecule has 3 aromatic rings. The van der Waals surface area contributed by atoms with Crippen molar-refractivity contribution in [1.29, 1.82) is 0 Å². The van der Waals surface area contributed by atoms with Gasteiger partial charge in [-0.05, 0) is 18.6 Å². The average Bonchev–Trinajstić information content (AvgIpc) is 2.86. The zero-order valence-electron chi connectivity index (χ0n) is 11.2. The van der Waals surface area contributed by atoms with E-state index in [2.05, 4.69) is 41.1 Å². The molecular weight excluding hydrogens is 316 g/mol. The summed E-state index contributed by atoms with van der Waals surface area (Å²) in [5, 5.41) is 0.792. The SMILES string of the molecule is Cc1cccn2c(OCCBr)c(-c3ccccc3)nc12. The van der Waals surface area contributed by atoms with Gasteiger partial charge in [-0.25, -0.2) is 4.98 Å². The van der Waals surface area contributed by atoms with Gasteiger partial charge in [0.2, 0.25) is 5.88 Å². The van der Waals surface area contributed by atoms with Gasteiger partial charge in [-0.2, -0.15) is 0 Å². The molecule has 4 heteroatoms. The summed E-state index contributed by atoms with van der Waals surface area (Å²) in [6, 6.07) is 14.2. The van der Waals surface area contributed by atoms with Gasteiger partial charge < -0.3 is 4.74 Å². The Morgan fingerprint density at radius 2 is 1.95 bits per heavy atom. The predicted octanol–water partition coefficient (Wildman–Crippen LogP) is 4.08.